The monoisotopic (exact) mass is 604 g/mol. The van der Waals surface area contributed by atoms with Gasteiger partial charge in [-0.15, -0.1) is 0 Å². The quantitative estimate of drug-likeness (QED) is 0.117. The van der Waals surface area contributed by atoms with Crippen LogP contribution in [0.15, 0.2) is 70.5 Å². The topological polar surface area (TPSA) is 181 Å². The molecule has 5 rings (SSSR count). The van der Waals surface area contributed by atoms with Crippen LogP contribution in [0.25, 0.3) is 38.9 Å². The molecule has 0 spiro atoms. The molecule has 0 aliphatic rings. The average molecular weight is 604 g/mol. The van der Waals surface area contributed by atoms with Crippen molar-refractivity contribution in [2.45, 2.75) is 12.9 Å². The zero-order valence-corrected chi connectivity index (χ0v) is 26.2. The summed E-state index contributed by atoms with van der Waals surface area (Å²) in [5, 5.41) is -0.310. The first-order valence-corrected chi connectivity index (χ1v) is 12.3. The molecular formula is C23H14F3N6Na2O6P. The van der Waals surface area contributed by atoms with Crippen molar-refractivity contribution in [2.75, 3.05) is 5.73 Å². The molecule has 0 fully saturated rings. The van der Waals surface area contributed by atoms with Gasteiger partial charge in [0.25, 0.3) is 5.56 Å². The zero-order chi connectivity index (χ0) is 28.1. The van der Waals surface area contributed by atoms with E-state index in [9.17, 15) is 37.1 Å². The summed E-state index contributed by atoms with van der Waals surface area (Å²) in [5.41, 5.74) is 2.59. The molecule has 0 unspecified atom stereocenters. The van der Waals surface area contributed by atoms with Gasteiger partial charge < -0.3 is 24.6 Å². The number of nitrogen functional groups attached to an aromatic ring is 1. The smallest absolute Gasteiger partial charge is 0.790 e. The van der Waals surface area contributed by atoms with Crippen molar-refractivity contribution in [1.82, 2.24) is 24.1 Å². The number of halogens is 3. The van der Waals surface area contributed by atoms with Crippen LogP contribution in [-0.2, 0) is 22.0 Å². The predicted molar refractivity (Wildman–Crippen MR) is 128 cm³/mol. The molecule has 4 aromatic heterocycles. The van der Waals surface area contributed by atoms with Gasteiger partial charge in [-0.05, 0) is 42.5 Å². The second-order valence-electron chi connectivity index (χ2n) is 8.16. The number of phosphoric acid groups is 1. The number of alkyl halides is 3. The average Bonchev–Trinajstić information content (AvgIpc) is 2.88. The number of anilines is 1. The van der Waals surface area contributed by atoms with Gasteiger partial charge in [-0.1, -0.05) is 6.07 Å². The van der Waals surface area contributed by atoms with Gasteiger partial charge in [-0.3, -0.25) is 14.3 Å². The molecule has 12 nitrogen and oxygen atoms in total. The van der Waals surface area contributed by atoms with E-state index in [1.54, 1.807) is 12.1 Å². The number of rotatable bonds is 5. The van der Waals surface area contributed by atoms with Crippen LogP contribution in [0.1, 0.15) is 5.56 Å². The van der Waals surface area contributed by atoms with Crippen LogP contribution in [0.4, 0.5) is 19.0 Å². The molecule has 0 saturated heterocycles. The summed E-state index contributed by atoms with van der Waals surface area (Å²) >= 11 is 0. The summed E-state index contributed by atoms with van der Waals surface area (Å²) in [4.78, 5) is 61.5. The molecule has 1 aromatic carbocycles. The van der Waals surface area contributed by atoms with Gasteiger partial charge in [0.05, 0.1) is 41.2 Å². The molecule has 4 heterocycles. The Morgan fingerprint density at radius 2 is 1.73 bits per heavy atom. The van der Waals surface area contributed by atoms with Crippen molar-refractivity contribution >= 4 is 35.6 Å². The van der Waals surface area contributed by atoms with Gasteiger partial charge in [0.1, 0.15) is 18.1 Å². The number of phosphoric ester groups is 1. The minimum Gasteiger partial charge on any atom is -0.790 e. The molecule has 2 N–H and O–H groups in total. The number of pyridine rings is 3. The number of benzene rings is 1. The van der Waals surface area contributed by atoms with Crippen molar-refractivity contribution < 1.29 is 91.2 Å². The number of nitrogens with two attached hydrogens (primary N) is 1. The van der Waals surface area contributed by atoms with E-state index in [0.717, 1.165) is 22.9 Å². The van der Waals surface area contributed by atoms with Gasteiger partial charge in [-0.2, -0.15) is 13.2 Å². The Morgan fingerprint density at radius 1 is 1.00 bits per heavy atom. The Bertz CT molecular complexity index is 1930. The number of fused-ring (bicyclic) bond motifs is 3. The van der Waals surface area contributed by atoms with E-state index < -0.39 is 37.5 Å². The molecule has 0 bridgehead atoms. The Kier molecular flexibility index (Phi) is 10.0. The van der Waals surface area contributed by atoms with Crippen LogP contribution in [-0.4, -0.2) is 24.1 Å². The van der Waals surface area contributed by atoms with Crippen molar-refractivity contribution in [3.05, 3.63) is 87.3 Å². The third-order valence-corrected chi connectivity index (χ3v) is 6.10. The molecule has 0 saturated carbocycles. The van der Waals surface area contributed by atoms with E-state index in [1.807, 2.05) is 0 Å². The molecule has 200 valence electrons. The van der Waals surface area contributed by atoms with E-state index in [1.165, 1.54) is 24.4 Å². The Balaban J connectivity index is 0.00000231. The summed E-state index contributed by atoms with van der Waals surface area (Å²) in [6.07, 6.45) is -2.29. The molecular weight excluding hydrogens is 590 g/mol. The Hall–Kier alpha value is -2.43. The van der Waals surface area contributed by atoms with Crippen LogP contribution in [0.2, 0.25) is 0 Å². The fourth-order valence-electron chi connectivity index (χ4n) is 3.91. The zero-order valence-electron chi connectivity index (χ0n) is 21.3. The number of aromatic nitrogens is 5. The van der Waals surface area contributed by atoms with Crippen LogP contribution in [0, 0.1) is 0 Å². The van der Waals surface area contributed by atoms with E-state index in [-0.39, 0.29) is 97.1 Å². The molecule has 5 aromatic rings. The molecule has 0 atom stereocenters. The number of hydrogen-bond donors (Lipinski definition) is 1. The number of hydrogen-bond acceptors (Lipinski definition) is 10. The van der Waals surface area contributed by atoms with Crippen molar-refractivity contribution in [3.63, 3.8) is 0 Å². The maximum Gasteiger partial charge on any atom is 1.00 e. The van der Waals surface area contributed by atoms with Crippen LogP contribution in [0.3, 0.4) is 0 Å². The van der Waals surface area contributed by atoms with Crippen molar-refractivity contribution in [2.24, 2.45) is 0 Å². The summed E-state index contributed by atoms with van der Waals surface area (Å²) < 4.78 is 56.7. The van der Waals surface area contributed by atoms with Gasteiger partial charge in [0.15, 0.2) is 0 Å². The van der Waals surface area contributed by atoms with Crippen LogP contribution < -0.4 is 85.9 Å². The second kappa shape index (κ2) is 12.4. The molecule has 41 heavy (non-hydrogen) atoms. The summed E-state index contributed by atoms with van der Waals surface area (Å²) in [7, 11) is -5.63. The van der Waals surface area contributed by atoms with Gasteiger partial charge in [-0.25, -0.2) is 19.3 Å². The van der Waals surface area contributed by atoms with E-state index >= 15 is 0 Å². The fraction of sp³-hybridized carbons (Fsp3) is 0.0870. The minimum absolute atomic E-state index is 0. The first kappa shape index (κ1) is 33.1. The molecule has 0 radical (unpaired) electrons. The maximum atomic E-state index is 13.5. The molecule has 0 aliphatic heterocycles. The second-order valence-corrected chi connectivity index (χ2v) is 9.31. The normalized spacial score (nSPS) is 11.7. The largest absolute Gasteiger partial charge is 1.00 e. The van der Waals surface area contributed by atoms with Crippen molar-refractivity contribution in [3.8, 4) is 16.9 Å². The summed E-state index contributed by atoms with van der Waals surface area (Å²) in [6.45, 7) is -1.31. The third kappa shape index (κ3) is 6.81. The summed E-state index contributed by atoms with van der Waals surface area (Å²) in [6, 6.07) is 9.91. The van der Waals surface area contributed by atoms with Crippen LogP contribution in [0.5, 0.6) is 0 Å². The molecule has 18 heteroatoms. The minimum atomic E-state index is -5.63. The standard InChI is InChI=1S/C23H16F3N6O6P.2Na/c24-23(25,26)13-2-1-3-14(8-13)32-20-15(21(33)31(22(32)34)11-38-39(35,36)37)10-28-17-6-5-16(30-19(17)20)12-4-7-18(27)29-9-12;;/h1-10H,11H2,(H2,27,29)(H2,35,36,37);;/q;2*+1/p-2. The first-order valence-electron chi connectivity index (χ1n) is 10.8. The Labute approximate surface area is 271 Å². The first-order chi connectivity index (χ1) is 18.3. The van der Waals surface area contributed by atoms with E-state index in [0.29, 0.717) is 17.3 Å². The Morgan fingerprint density at radius 3 is 2.37 bits per heavy atom. The predicted octanol–water partition coefficient (Wildman–Crippen LogP) is -4.43. The fourth-order valence-corrected chi connectivity index (χ4v) is 4.16. The van der Waals surface area contributed by atoms with Gasteiger partial charge in [0.2, 0.25) is 0 Å². The van der Waals surface area contributed by atoms with Gasteiger partial charge >= 0.3 is 71.0 Å². The SMILES string of the molecule is Nc1ccc(-c2ccc3ncc4c(=O)n(COP(=O)([O-])[O-])c(=O)n(-c5cccc(C(F)(F)F)c5)c4c3n2)cn1.[Na+].[Na+]. The van der Waals surface area contributed by atoms with Crippen molar-refractivity contribution in [1.29, 1.82) is 0 Å². The molecule has 0 aliphatic carbocycles. The summed E-state index contributed by atoms with van der Waals surface area (Å²) in [5.74, 6) is 0.244. The van der Waals surface area contributed by atoms with E-state index in [2.05, 4.69) is 19.5 Å². The number of nitrogens with zero attached hydrogens (tertiary/aromatic N) is 5. The molecule has 0 amide bonds. The van der Waals surface area contributed by atoms with Gasteiger partial charge in [0, 0.05) is 18.0 Å². The maximum absolute atomic E-state index is 13.5. The van der Waals surface area contributed by atoms with Crippen LogP contribution >= 0.6 is 7.82 Å². The third-order valence-electron chi connectivity index (χ3n) is 5.67. The van der Waals surface area contributed by atoms with E-state index in [4.69, 9.17) is 5.73 Å².